The molecule has 4 nitrogen and oxygen atoms in total. The molecule has 2 aliphatic rings. The summed E-state index contributed by atoms with van der Waals surface area (Å²) >= 11 is 1.55. The van der Waals surface area contributed by atoms with Crippen LogP contribution < -0.4 is 0 Å². The zero-order valence-electron chi connectivity index (χ0n) is 12.1. The van der Waals surface area contributed by atoms with Gasteiger partial charge in [0.25, 0.3) is 0 Å². The van der Waals surface area contributed by atoms with Gasteiger partial charge < -0.3 is 4.90 Å². The highest BCUT2D eigenvalue weighted by Crippen LogP contribution is 2.36. The van der Waals surface area contributed by atoms with Crippen LogP contribution in [0.4, 0.5) is 13.2 Å². The zero-order valence-corrected chi connectivity index (χ0v) is 12.9. The van der Waals surface area contributed by atoms with Crippen molar-refractivity contribution >= 4 is 17.2 Å². The highest BCUT2D eigenvalue weighted by Gasteiger charge is 2.44. The molecule has 1 amide bonds. The fraction of sp³-hybridized carbons (Fsp3) is 0.714. The largest absolute Gasteiger partial charge is 0.406 e. The van der Waals surface area contributed by atoms with Crippen LogP contribution in [0.15, 0.2) is 11.6 Å². The summed E-state index contributed by atoms with van der Waals surface area (Å²) in [5.41, 5.74) is 0. The lowest BCUT2D eigenvalue weighted by Gasteiger charge is -2.37. The summed E-state index contributed by atoms with van der Waals surface area (Å²) in [6.07, 6.45) is 0.826. The highest BCUT2D eigenvalue weighted by atomic mass is 32.1. The van der Waals surface area contributed by atoms with Crippen LogP contribution in [0.5, 0.6) is 0 Å². The van der Waals surface area contributed by atoms with E-state index in [1.165, 1.54) is 0 Å². The summed E-state index contributed by atoms with van der Waals surface area (Å²) in [5.74, 6) is -0.388. The van der Waals surface area contributed by atoms with E-state index in [-0.39, 0.29) is 18.5 Å². The number of nitrogens with zero attached hydrogens (tertiary/aromatic N) is 3. The van der Waals surface area contributed by atoms with Crippen molar-refractivity contribution in [1.29, 1.82) is 0 Å². The first-order valence-electron chi connectivity index (χ1n) is 7.46. The summed E-state index contributed by atoms with van der Waals surface area (Å²) in [4.78, 5) is 19.7. The molecule has 1 aromatic heterocycles. The topological polar surface area (TPSA) is 36.4 Å². The second-order valence-corrected chi connectivity index (χ2v) is 6.73. The summed E-state index contributed by atoms with van der Waals surface area (Å²) in [5, 5.41) is 2.86. The number of thiazole rings is 1. The van der Waals surface area contributed by atoms with Crippen molar-refractivity contribution < 1.29 is 18.0 Å². The predicted molar refractivity (Wildman–Crippen MR) is 76.5 cm³/mol. The molecule has 2 saturated heterocycles. The molecule has 8 heteroatoms. The molecule has 2 unspecified atom stereocenters. The Morgan fingerprint density at radius 2 is 2.05 bits per heavy atom. The Morgan fingerprint density at radius 1 is 1.23 bits per heavy atom. The summed E-state index contributed by atoms with van der Waals surface area (Å²) in [7, 11) is 0. The Morgan fingerprint density at radius 3 is 2.73 bits per heavy atom. The molecule has 3 heterocycles. The van der Waals surface area contributed by atoms with Gasteiger partial charge >= 0.3 is 6.18 Å². The minimum atomic E-state index is -4.33. The molecule has 0 N–H and O–H groups in total. The molecule has 2 fully saturated rings. The first kappa shape index (κ1) is 15.7. The first-order chi connectivity index (χ1) is 10.5. The minimum Gasteiger partial charge on any atom is -0.332 e. The van der Waals surface area contributed by atoms with Gasteiger partial charge in [-0.05, 0) is 25.8 Å². The number of piperidine rings is 1. The lowest BCUT2D eigenvalue weighted by Crippen LogP contribution is -2.47. The molecule has 122 valence electrons. The number of amides is 1. The van der Waals surface area contributed by atoms with Gasteiger partial charge in [0.1, 0.15) is 11.6 Å². The van der Waals surface area contributed by atoms with Gasteiger partial charge in [-0.15, -0.1) is 11.3 Å². The van der Waals surface area contributed by atoms with Crippen molar-refractivity contribution in [2.45, 2.75) is 43.9 Å². The highest BCUT2D eigenvalue weighted by molar-refractivity contribution is 7.09. The third-order valence-corrected chi connectivity index (χ3v) is 5.20. The maximum atomic E-state index is 12.5. The maximum Gasteiger partial charge on any atom is 0.406 e. The molecule has 0 radical (unpaired) electrons. The van der Waals surface area contributed by atoms with Crippen molar-refractivity contribution in [3.05, 3.63) is 16.6 Å². The van der Waals surface area contributed by atoms with Crippen molar-refractivity contribution in [3.63, 3.8) is 0 Å². The van der Waals surface area contributed by atoms with Gasteiger partial charge in [0.15, 0.2) is 0 Å². The van der Waals surface area contributed by atoms with E-state index < -0.39 is 18.8 Å². The zero-order chi connectivity index (χ0) is 15.7. The number of hydrogen-bond donors (Lipinski definition) is 0. The minimum absolute atomic E-state index is 0.0635. The molecule has 0 spiro atoms. The normalized spacial score (nSPS) is 27.6. The molecule has 2 aliphatic heterocycles. The van der Waals surface area contributed by atoms with E-state index in [4.69, 9.17) is 0 Å². The van der Waals surface area contributed by atoms with Gasteiger partial charge in [-0.3, -0.25) is 9.69 Å². The van der Waals surface area contributed by atoms with Gasteiger partial charge in [0, 0.05) is 18.1 Å². The van der Waals surface area contributed by atoms with Crippen LogP contribution in [-0.2, 0) is 4.79 Å². The molecule has 0 bridgehead atoms. The van der Waals surface area contributed by atoms with E-state index in [0.29, 0.717) is 6.42 Å². The standard InChI is InChI=1S/C14H18F3N3OS/c15-14(16,17)9-19-7-4-11(13(19)21)20-6-2-1-3-10(20)12-18-5-8-22-12/h5,8,10-11H,1-4,6-7,9H2. The molecule has 2 atom stereocenters. The molecular weight excluding hydrogens is 315 g/mol. The van der Waals surface area contributed by atoms with Crippen molar-refractivity contribution in [3.8, 4) is 0 Å². The Balaban J connectivity index is 1.73. The number of aromatic nitrogens is 1. The number of halogens is 3. The third kappa shape index (κ3) is 3.27. The molecule has 0 aliphatic carbocycles. The monoisotopic (exact) mass is 333 g/mol. The number of alkyl halides is 3. The fourth-order valence-electron chi connectivity index (χ4n) is 3.39. The van der Waals surface area contributed by atoms with Crippen LogP contribution in [0.25, 0.3) is 0 Å². The Hall–Kier alpha value is -1.15. The van der Waals surface area contributed by atoms with Crippen LogP contribution in [0.2, 0.25) is 0 Å². The van der Waals surface area contributed by atoms with Crippen molar-refractivity contribution in [2.75, 3.05) is 19.6 Å². The van der Waals surface area contributed by atoms with Gasteiger partial charge in [-0.25, -0.2) is 4.98 Å². The fourth-order valence-corrected chi connectivity index (χ4v) is 4.19. The molecule has 22 heavy (non-hydrogen) atoms. The van der Waals surface area contributed by atoms with E-state index in [1.807, 2.05) is 5.38 Å². The molecule has 0 aromatic carbocycles. The maximum absolute atomic E-state index is 12.5. The Kier molecular flexibility index (Phi) is 4.40. The van der Waals surface area contributed by atoms with Crippen molar-refractivity contribution in [1.82, 2.24) is 14.8 Å². The summed E-state index contributed by atoms with van der Waals surface area (Å²) in [6, 6.07) is -0.370. The van der Waals surface area contributed by atoms with E-state index >= 15 is 0 Å². The van der Waals surface area contributed by atoms with E-state index in [2.05, 4.69) is 9.88 Å². The van der Waals surface area contributed by atoms with Gasteiger partial charge in [-0.2, -0.15) is 13.2 Å². The molecule has 0 saturated carbocycles. The Bertz CT molecular complexity index is 520. The summed E-state index contributed by atoms with van der Waals surface area (Å²) < 4.78 is 37.6. The first-order valence-corrected chi connectivity index (χ1v) is 8.34. The smallest absolute Gasteiger partial charge is 0.332 e. The van der Waals surface area contributed by atoms with E-state index in [1.54, 1.807) is 17.5 Å². The Labute approximate surface area is 130 Å². The summed E-state index contributed by atoms with van der Waals surface area (Å²) in [6.45, 7) is -0.206. The average molecular weight is 333 g/mol. The van der Waals surface area contributed by atoms with Crippen LogP contribution in [0.3, 0.4) is 0 Å². The van der Waals surface area contributed by atoms with E-state index in [0.717, 1.165) is 35.7 Å². The SMILES string of the molecule is O=C1C(N2CCCCC2c2nccs2)CCN1CC(F)(F)F. The predicted octanol–water partition coefficient (Wildman–Crippen LogP) is 2.83. The van der Waals surface area contributed by atoms with Crippen LogP contribution in [-0.4, -0.2) is 52.5 Å². The van der Waals surface area contributed by atoms with Gasteiger partial charge in [0.2, 0.25) is 5.91 Å². The van der Waals surface area contributed by atoms with Crippen LogP contribution in [0, 0.1) is 0 Å². The second kappa shape index (κ2) is 6.16. The number of hydrogen-bond acceptors (Lipinski definition) is 4. The van der Waals surface area contributed by atoms with Gasteiger partial charge in [0.05, 0.1) is 12.1 Å². The van der Waals surface area contributed by atoms with Crippen LogP contribution >= 0.6 is 11.3 Å². The second-order valence-electron chi connectivity index (χ2n) is 5.80. The lowest BCUT2D eigenvalue weighted by molar-refractivity contribution is -0.159. The number of rotatable bonds is 3. The van der Waals surface area contributed by atoms with Crippen LogP contribution in [0.1, 0.15) is 36.7 Å². The third-order valence-electron chi connectivity index (χ3n) is 4.32. The quantitative estimate of drug-likeness (QED) is 0.853. The number of carbonyl (C=O) groups is 1. The van der Waals surface area contributed by atoms with Gasteiger partial charge in [-0.1, -0.05) is 6.42 Å². The average Bonchev–Trinajstić information content (AvgIpc) is 3.09. The lowest BCUT2D eigenvalue weighted by atomic mass is 9.99. The van der Waals surface area contributed by atoms with Crippen molar-refractivity contribution in [2.24, 2.45) is 0 Å². The van der Waals surface area contributed by atoms with E-state index in [9.17, 15) is 18.0 Å². The number of likely N-dealkylation sites (tertiary alicyclic amines) is 2. The molecule has 3 rings (SSSR count). The number of carbonyl (C=O) groups excluding carboxylic acids is 1. The molecule has 1 aromatic rings. The molecular formula is C14H18F3N3OS.